The van der Waals surface area contributed by atoms with Gasteiger partial charge in [-0.2, -0.15) is 0 Å². The van der Waals surface area contributed by atoms with E-state index < -0.39 is 17.1 Å². The Hall–Kier alpha value is -1.99. The Morgan fingerprint density at radius 2 is 2.03 bits per heavy atom. The first-order valence-electron chi connectivity index (χ1n) is 13.8. The minimum atomic E-state index is -1.33. The highest BCUT2D eigenvalue weighted by Gasteiger charge is 2.68. The van der Waals surface area contributed by atoms with Gasteiger partial charge < -0.3 is 20.4 Å². The standard InChI is InChI=1S/C29H44N2O5/c1-6-25(34)29(35)12-10-22-21-15-18(2)23-16-20(31-36-14-8-7-13-30-19(3)32)9-11-27(23,4)26(21)24(33)17-28(22,29)5/h9,11,16,18,21-22,24,26,33,35H,6-8,10,12-15,17H2,1-5H3,(H,30,32)/b31-20+/t18-,21-,22-,24-,26+,27-,28-,29-/m0/s1. The summed E-state index contributed by atoms with van der Waals surface area (Å²) in [6, 6.07) is 0. The number of amides is 1. The summed E-state index contributed by atoms with van der Waals surface area (Å²) in [7, 11) is 0. The fourth-order valence-electron chi connectivity index (χ4n) is 8.25. The number of nitrogens with zero attached hydrogens (tertiary/aromatic N) is 1. The van der Waals surface area contributed by atoms with Crippen molar-refractivity contribution < 1.29 is 24.6 Å². The Morgan fingerprint density at radius 1 is 1.28 bits per heavy atom. The van der Waals surface area contributed by atoms with Crippen LogP contribution in [0.4, 0.5) is 0 Å². The molecule has 36 heavy (non-hydrogen) atoms. The predicted octanol–water partition coefficient (Wildman–Crippen LogP) is 3.94. The van der Waals surface area contributed by atoms with Crippen LogP contribution >= 0.6 is 0 Å². The molecular formula is C29H44N2O5. The smallest absolute Gasteiger partial charge is 0.216 e. The van der Waals surface area contributed by atoms with E-state index in [0.29, 0.717) is 38.3 Å². The highest BCUT2D eigenvalue weighted by molar-refractivity contribution is 6.05. The number of unbranched alkanes of at least 4 members (excludes halogenated alkanes) is 1. The number of ketones is 1. The zero-order valence-corrected chi connectivity index (χ0v) is 22.5. The number of allylic oxidation sites excluding steroid dienone is 4. The van der Waals surface area contributed by atoms with E-state index in [1.165, 1.54) is 12.5 Å². The molecular weight excluding hydrogens is 456 g/mol. The second-order valence-electron chi connectivity index (χ2n) is 12.1. The fraction of sp³-hybridized carbons (Fsp3) is 0.759. The van der Waals surface area contributed by atoms with E-state index in [0.717, 1.165) is 31.4 Å². The molecule has 200 valence electrons. The molecule has 7 heteroatoms. The Kier molecular flexibility index (Phi) is 7.55. The van der Waals surface area contributed by atoms with E-state index in [2.05, 4.69) is 36.5 Å². The molecule has 3 fully saturated rings. The molecule has 0 heterocycles. The number of oxime groups is 1. The number of aliphatic hydroxyl groups is 2. The van der Waals surface area contributed by atoms with Gasteiger partial charge in [0.2, 0.25) is 5.91 Å². The van der Waals surface area contributed by atoms with Crippen molar-refractivity contribution in [2.75, 3.05) is 13.2 Å². The van der Waals surface area contributed by atoms with E-state index in [1.54, 1.807) is 0 Å². The summed E-state index contributed by atoms with van der Waals surface area (Å²) >= 11 is 0. The van der Waals surface area contributed by atoms with Crippen LogP contribution in [0.1, 0.15) is 79.6 Å². The van der Waals surface area contributed by atoms with E-state index in [9.17, 15) is 19.8 Å². The summed E-state index contributed by atoms with van der Waals surface area (Å²) < 4.78 is 0. The van der Waals surface area contributed by atoms with Crippen LogP contribution in [-0.4, -0.2) is 52.5 Å². The molecule has 4 rings (SSSR count). The van der Waals surface area contributed by atoms with Crippen LogP contribution in [0.5, 0.6) is 0 Å². The molecule has 3 N–H and O–H groups in total. The molecule has 0 aromatic rings. The number of rotatable bonds is 8. The second kappa shape index (κ2) is 10.1. The minimum Gasteiger partial charge on any atom is -0.395 e. The first-order valence-corrected chi connectivity index (χ1v) is 13.8. The molecule has 4 aliphatic carbocycles. The van der Waals surface area contributed by atoms with Gasteiger partial charge in [0.05, 0.1) is 6.10 Å². The van der Waals surface area contributed by atoms with Crippen molar-refractivity contribution in [2.24, 2.45) is 39.7 Å². The van der Waals surface area contributed by atoms with E-state index in [-0.39, 0.29) is 34.9 Å². The number of hydrogen-bond acceptors (Lipinski definition) is 6. The highest BCUT2D eigenvalue weighted by atomic mass is 16.6. The van der Waals surface area contributed by atoms with E-state index in [1.807, 2.05) is 19.9 Å². The largest absolute Gasteiger partial charge is 0.395 e. The van der Waals surface area contributed by atoms with Crippen molar-refractivity contribution >= 4 is 17.4 Å². The molecule has 7 nitrogen and oxygen atoms in total. The molecule has 0 saturated heterocycles. The third-order valence-electron chi connectivity index (χ3n) is 9.97. The van der Waals surface area contributed by atoms with Crippen LogP contribution < -0.4 is 5.32 Å². The molecule has 0 unspecified atom stereocenters. The highest BCUT2D eigenvalue weighted by Crippen LogP contribution is 2.67. The Labute approximate surface area is 215 Å². The summed E-state index contributed by atoms with van der Waals surface area (Å²) in [6.07, 6.45) is 10.4. The average molecular weight is 501 g/mol. The third-order valence-corrected chi connectivity index (χ3v) is 9.97. The molecule has 4 aliphatic rings. The summed E-state index contributed by atoms with van der Waals surface area (Å²) in [4.78, 5) is 29.3. The Bertz CT molecular complexity index is 973. The molecule has 0 aromatic heterocycles. The van der Waals surface area contributed by atoms with Crippen molar-refractivity contribution in [3.63, 3.8) is 0 Å². The maximum Gasteiger partial charge on any atom is 0.216 e. The Morgan fingerprint density at radius 3 is 2.72 bits per heavy atom. The maximum atomic E-state index is 12.8. The zero-order chi connectivity index (χ0) is 26.3. The summed E-state index contributed by atoms with van der Waals surface area (Å²) in [5.41, 5.74) is -0.152. The first-order chi connectivity index (χ1) is 17.0. The number of carbonyl (C=O) groups excluding carboxylic acids is 2. The van der Waals surface area contributed by atoms with Gasteiger partial charge in [0.15, 0.2) is 5.78 Å². The number of aliphatic hydroxyl groups excluding tert-OH is 1. The van der Waals surface area contributed by atoms with Crippen LogP contribution in [0.15, 0.2) is 29.0 Å². The second-order valence-corrected chi connectivity index (χ2v) is 12.1. The van der Waals surface area contributed by atoms with Crippen molar-refractivity contribution in [2.45, 2.75) is 91.3 Å². The summed E-state index contributed by atoms with van der Waals surface area (Å²) in [6.45, 7) is 11.0. The summed E-state index contributed by atoms with van der Waals surface area (Å²) in [5, 5.41) is 30.3. The van der Waals surface area contributed by atoms with Gasteiger partial charge in [-0.05, 0) is 68.4 Å². The number of nitrogens with one attached hydrogen (secondary N) is 1. The zero-order valence-electron chi connectivity index (χ0n) is 22.5. The van der Waals surface area contributed by atoms with Crippen LogP contribution in [0.3, 0.4) is 0 Å². The monoisotopic (exact) mass is 500 g/mol. The molecule has 1 amide bonds. The van der Waals surface area contributed by atoms with Gasteiger partial charge in [0, 0.05) is 36.6 Å². The van der Waals surface area contributed by atoms with E-state index >= 15 is 0 Å². The van der Waals surface area contributed by atoms with Crippen LogP contribution in [0.25, 0.3) is 0 Å². The normalized spacial score (nSPS) is 42.2. The lowest BCUT2D eigenvalue weighted by Gasteiger charge is -2.61. The predicted molar refractivity (Wildman–Crippen MR) is 139 cm³/mol. The molecule has 0 bridgehead atoms. The minimum absolute atomic E-state index is 0.0206. The molecule has 3 saturated carbocycles. The molecule has 0 aliphatic heterocycles. The van der Waals surface area contributed by atoms with Crippen molar-refractivity contribution in [1.82, 2.24) is 5.32 Å². The fourth-order valence-corrected chi connectivity index (χ4v) is 8.25. The topological polar surface area (TPSA) is 108 Å². The van der Waals surface area contributed by atoms with Crippen LogP contribution in [0.2, 0.25) is 0 Å². The maximum absolute atomic E-state index is 12.8. The molecule has 0 spiro atoms. The van der Waals surface area contributed by atoms with Crippen molar-refractivity contribution in [1.29, 1.82) is 0 Å². The lowest BCUT2D eigenvalue weighted by atomic mass is 9.44. The lowest BCUT2D eigenvalue weighted by Crippen LogP contribution is -2.62. The van der Waals surface area contributed by atoms with Gasteiger partial charge in [-0.3, -0.25) is 9.59 Å². The molecule has 0 aromatic carbocycles. The van der Waals surface area contributed by atoms with Crippen LogP contribution in [0, 0.1) is 34.5 Å². The first kappa shape index (κ1) is 27.1. The summed E-state index contributed by atoms with van der Waals surface area (Å²) in [5.74, 6) is 0.711. The van der Waals surface area contributed by atoms with Crippen LogP contribution in [-0.2, 0) is 14.4 Å². The average Bonchev–Trinajstić information content (AvgIpc) is 3.09. The number of carbonyl (C=O) groups is 2. The van der Waals surface area contributed by atoms with Gasteiger partial charge in [-0.25, -0.2) is 0 Å². The number of Topliss-reactive ketones (excluding diaryl/α,β-unsaturated/α-hetero) is 1. The van der Waals surface area contributed by atoms with Gasteiger partial charge in [0.1, 0.15) is 17.9 Å². The SMILES string of the molecule is CCC(=O)[C@@]1(O)CC[C@H]2[C@@H]3C[C@H](C)C4=C/C(=N/OCCCCNC(C)=O)C=C[C@]4(C)[C@H]3[C@@H](O)C[C@@]21C. The van der Waals surface area contributed by atoms with Crippen molar-refractivity contribution in [3.8, 4) is 0 Å². The van der Waals surface area contributed by atoms with Gasteiger partial charge in [0.25, 0.3) is 0 Å². The van der Waals surface area contributed by atoms with E-state index in [4.69, 9.17) is 4.84 Å². The lowest BCUT2D eigenvalue weighted by molar-refractivity contribution is -0.178. The number of hydrogen-bond donors (Lipinski definition) is 3. The number of fused-ring (bicyclic) bond motifs is 5. The van der Waals surface area contributed by atoms with Crippen molar-refractivity contribution in [3.05, 3.63) is 23.8 Å². The Balaban J connectivity index is 1.50. The quantitative estimate of drug-likeness (QED) is 0.346. The molecule has 0 radical (unpaired) electrons. The van der Waals surface area contributed by atoms with Gasteiger partial charge in [-0.15, -0.1) is 0 Å². The van der Waals surface area contributed by atoms with Gasteiger partial charge >= 0.3 is 0 Å². The molecule has 8 atom stereocenters. The van der Waals surface area contributed by atoms with Gasteiger partial charge in [-0.1, -0.05) is 44.5 Å². The third kappa shape index (κ3) is 4.36.